The molecule has 0 aromatic carbocycles. The molecule has 11 heavy (non-hydrogen) atoms. The number of hydrogen-bond donors (Lipinski definition) is 2. The van der Waals surface area contributed by atoms with Gasteiger partial charge in [-0.3, -0.25) is 0 Å². The summed E-state index contributed by atoms with van der Waals surface area (Å²) in [5, 5.41) is 12.0. The Morgan fingerprint density at radius 2 is 2.18 bits per heavy atom. The van der Waals surface area contributed by atoms with Gasteiger partial charge < -0.3 is 10.1 Å². The van der Waals surface area contributed by atoms with Crippen LogP contribution >= 0.6 is 0 Å². The van der Waals surface area contributed by atoms with E-state index >= 15 is 0 Å². The normalized spacial score (nSPS) is 42.8. The predicted molar refractivity (Wildman–Crippen MR) is 44.2 cm³/mol. The minimum atomic E-state index is 0.441. The highest BCUT2D eigenvalue weighted by Gasteiger charge is 2.28. The molecule has 0 aromatic heterocycles. The summed E-state index contributed by atoms with van der Waals surface area (Å²) in [6.07, 6.45) is 0.934. The summed E-state index contributed by atoms with van der Waals surface area (Å²) in [6.45, 7) is 5.39. The van der Waals surface area contributed by atoms with E-state index in [-0.39, 0.29) is 0 Å². The molecule has 2 N–H and O–H groups in total. The van der Waals surface area contributed by atoms with Gasteiger partial charge in [-0.15, -0.1) is 0 Å². The molecule has 0 amide bonds. The summed E-state index contributed by atoms with van der Waals surface area (Å²) in [4.78, 5) is 1.53. The maximum absolute atomic E-state index is 8.64. The molecule has 1 saturated heterocycles. The maximum atomic E-state index is 8.64. The van der Waals surface area contributed by atoms with Crippen molar-refractivity contribution in [2.24, 2.45) is 11.1 Å². The number of rotatable bonds is 0. The first-order valence-corrected chi connectivity index (χ1v) is 4.18. The Morgan fingerprint density at radius 3 is 2.73 bits per heavy atom. The SMILES string of the molecule is C[C@@H]1C/C(=N\O)[C@@H](C)C[NH+]1C. The number of likely N-dealkylation sites (tertiary alicyclic amines) is 1. The maximum Gasteiger partial charge on any atom is 0.0898 e. The smallest absolute Gasteiger partial charge is 0.0898 e. The monoisotopic (exact) mass is 157 g/mol. The minimum Gasteiger partial charge on any atom is -0.411 e. The summed E-state index contributed by atoms with van der Waals surface area (Å²) >= 11 is 0. The number of hydrogen-bond acceptors (Lipinski definition) is 2. The van der Waals surface area contributed by atoms with Gasteiger partial charge in [0.25, 0.3) is 0 Å². The van der Waals surface area contributed by atoms with Crippen LogP contribution in [0.1, 0.15) is 20.3 Å². The van der Waals surface area contributed by atoms with Crippen LogP contribution in [0.4, 0.5) is 0 Å². The zero-order chi connectivity index (χ0) is 8.43. The van der Waals surface area contributed by atoms with Gasteiger partial charge >= 0.3 is 0 Å². The first-order valence-electron chi connectivity index (χ1n) is 4.18. The van der Waals surface area contributed by atoms with E-state index in [4.69, 9.17) is 5.21 Å². The average Bonchev–Trinajstić information content (AvgIpc) is 1.97. The Balaban J connectivity index is 2.62. The molecule has 0 saturated carbocycles. The molecule has 1 fully saturated rings. The van der Waals surface area contributed by atoms with E-state index in [0.29, 0.717) is 12.0 Å². The molecule has 3 atom stereocenters. The van der Waals surface area contributed by atoms with Crippen molar-refractivity contribution >= 4 is 5.71 Å². The van der Waals surface area contributed by atoms with E-state index in [2.05, 4.69) is 26.1 Å². The molecule has 3 heteroatoms. The van der Waals surface area contributed by atoms with Crippen molar-refractivity contribution in [2.75, 3.05) is 13.6 Å². The third-order valence-corrected chi connectivity index (χ3v) is 2.68. The fourth-order valence-electron chi connectivity index (χ4n) is 1.63. The second kappa shape index (κ2) is 3.22. The van der Waals surface area contributed by atoms with Gasteiger partial charge in [-0.05, 0) is 6.92 Å². The number of quaternary nitrogens is 1. The average molecular weight is 157 g/mol. The van der Waals surface area contributed by atoms with Crippen LogP contribution in [-0.2, 0) is 0 Å². The van der Waals surface area contributed by atoms with E-state index in [1.54, 1.807) is 0 Å². The highest BCUT2D eigenvalue weighted by atomic mass is 16.4. The van der Waals surface area contributed by atoms with Crippen LogP contribution in [0, 0.1) is 5.92 Å². The van der Waals surface area contributed by atoms with Gasteiger partial charge in [-0.1, -0.05) is 12.1 Å². The lowest BCUT2D eigenvalue weighted by Gasteiger charge is -2.30. The van der Waals surface area contributed by atoms with Crippen LogP contribution < -0.4 is 4.90 Å². The van der Waals surface area contributed by atoms with Gasteiger partial charge in [0.2, 0.25) is 0 Å². The molecule has 64 valence electrons. The van der Waals surface area contributed by atoms with Gasteiger partial charge in [0, 0.05) is 12.3 Å². The molecule has 1 heterocycles. The predicted octanol–water partition coefficient (Wildman–Crippen LogP) is -0.240. The largest absolute Gasteiger partial charge is 0.411 e. The van der Waals surface area contributed by atoms with E-state index in [0.717, 1.165) is 18.7 Å². The minimum absolute atomic E-state index is 0.441. The van der Waals surface area contributed by atoms with Crippen LogP contribution in [0.3, 0.4) is 0 Å². The lowest BCUT2D eigenvalue weighted by molar-refractivity contribution is -0.908. The Morgan fingerprint density at radius 1 is 1.55 bits per heavy atom. The molecule has 0 radical (unpaired) electrons. The van der Waals surface area contributed by atoms with Crippen molar-refractivity contribution in [2.45, 2.75) is 26.3 Å². The second-order valence-electron chi connectivity index (χ2n) is 3.65. The number of nitrogens with zero attached hydrogens (tertiary/aromatic N) is 1. The number of oxime groups is 1. The molecule has 1 aliphatic heterocycles. The first kappa shape index (κ1) is 8.53. The van der Waals surface area contributed by atoms with E-state index in [9.17, 15) is 0 Å². The molecule has 0 bridgehead atoms. The van der Waals surface area contributed by atoms with Crippen molar-refractivity contribution in [3.8, 4) is 0 Å². The van der Waals surface area contributed by atoms with Crippen LogP contribution in [-0.4, -0.2) is 30.6 Å². The van der Waals surface area contributed by atoms with Crippen molar-refractivity contribution in [3.63, 3.8) is 0 Å². The zero-order valence-corrected chi connectivity index (χ0v) is 7.46. The number of piperidine rings is 1. The summed E-state index contributed by atoms with van der Waals surface area (Å²) in [5.41, 5.74) is 0.961. The quantitative estimate of drug-likeness (QED) is 0.369. The van der Waals surface area contributed by atoms with Crippen LogP contribution in [0.25, 0.3) is 0 Å². The zero-order valence-electron chi connectivity index (χ0n) is 7.46. The van der Waals surface area contributed by atoms with Crippen molar-refractivity contribution < 1.29 is 10.1 Å². The molecule has 1 rings (SSSR count). The Hall–Kier alpha value is -0.570. The van der Waals surface area contributed by atoms with Gasteiger partial charge in [-0.2, -0.15) is 0 Å². The fourth-order valence-corrected chi connectivity index (χ4v) is 1.63. The van der Waals surface area contributed by atoms with Crippen LogP contribution in [0.15, 0.2) is 5.16 Å². The Bertz CT molecular complexity index is 167. The second-order valence-corrected chi connectivity index (χ2v) is 3.65. The lowest BCUT2D eigenvalue weighted by Crippen LogP contribution is -3.14. The summed E-state index contributed by atoms with van der Waals surface area (Å²) in [6, 6.07) is 0.595. The topological polar surface area (TPSA) is 37.0 Å². The highest BCUT2D eigenvalue weighted by molar-refractivity contribution is 5.86. The summed E-state index contributed by atoms with van der Waals surface area (Å²) in [7, 11) is 2.19. The van der Waals surface area contributed by atoms with Gasteiger partial charge in [-0.25, -0.2) is 0 Å². The van der Waals surface area contributed by atoms with Crippen molar-refractivity contribution in [3.05, 3.63) is 0 Å². The van der Waals surface area contributed by atoms with Crippen molar-refractivity contribution in [1.82, 2.24) is 0 Å². The Labute approximate surface area is 67.7 Å². The Kier molecular flexibility index (Phi) is 2.49. The van der Waals surface area contributed by atoms with Crippen molar-refractivity contribution in [1.29, 1.82) is 0 Å². The summed E-state index contributed by atoms with van der Waals surface area (Å²) < 4.78 is 0. The highest BCUT2D eigenvalue weighted by Crippen LogP contribution is 2.06. The molecule has 3 nitrogen and oxygen atoms in total. The lowest BCUT2D eigenvalue weighted by atomic mass is 9.93. The van der Waals surface area contributed by atoms with E-state index < -0.39 is 0 Å². The van der Waals surface area contributed by atoms with Crippen LogP contribution in [0.2, 0.25) is 0 Å². The first-order chi connectivity index (χ1) is 5.15. The van der Waals surface area contributed by atoms with E-state index in [1.807, 2.05) is 0 Å². The standard InChI is InChI=1S/C8H16N2O/c1-6-5-10(3)7(2)4-8(6)9-11/h6-7,11H,4-5H2,1-3H3/p+1/b9-8+/t6-,7+/m0/s1. The van der Waals surface area contributed by atoms with Gasteiger partial charge in [0.1, 0.15) is 0 Å². The molecular weight excluding hydrogens is 140 g/mol. The molecule has 1 aliphatic rings. The molecule has 0 spiro atoms. The van der Waals surface area contributed by atoms with Crippen LogP contribution in [0.5, 0.6) is 0 Å². The fraction of sp³-hybridized carbons (Fsp3) is 0.875. The number of nitrogens with one attached hydrogen (secondary N) is 1. The molecule has 1 unspecified atom stereocenters. The van der Waals surface area contributed by atoms with Gasteiger partial charge in [0.15, 0.2) is 0 Å². The molecular formula is C8H17N2O+. The third kappa shape index (κ3) is 1.71. The van der Waals surface area contributed by atoms with Gasteiger partial charge in [0.05, 0.1) is 25.3 Å². The molecule has 0 aliphatic carbocycles. The third-order valence-electron chi connectivity index (χ3n) is 2.68. The van der Waals surface area contributed by atoms with E-state index in [1.165, 1.54) is 4.90 Å². The molecule has 0 aromatic rings. The summed E-state index contributed by atoms with van der Waals surface area (Å²) in [5.74, 6) is 0.441.